The molecule has 0 atom stereocenters. The molecule has 1 aromatic heterocycles. The summed E-state index contributed by atoms with van der Waals surface area (Å²) in [6.45, 7) is 6.02. The van der Waals surface area contributed by atoms with Gasteiger partial charge < -0.3 is 14.1 Å². The number of rotatable bonds is 4. The average Bonchev–Trinajstić information content (AvgIpc) is 2.98. The lowest BCUT2D eigenvalue weighted by Gasteiger charge is -2.35. The second kappa shape index (κ2) is 6.37. The van der Waals surface area contributed by atoms with Crippen molar-refractivity contribution in [2.24, 2.45) is 0 Å². The maximum Gasteiger partial charge on any atom is 0.374 e. The van der Waals surface area contributed by atoms with Gasteiger partial charge in [-0.05, 0) is 38.2 Å². The van der Waals surface area contributed by atoms with E-state index in [0.29, 0.717) is 12.2 Å². The van der Waals surface area contributed by atoms with Gasteiger partial charge in [0.05, 0.1) is 6.61 Å². The number of hydrogen-bond donors (Lipinski definition) is 1. The van der Waals surface area contributed by atoms with Crippen molar-refractivity contribution in [2.45, 2.75) is 6.92 Å². The van der Waals surface area contributed by atoms with E-state index in [0.717, 1.165) is 37.3 Å². The largest absolute Gasteiger partial charge is 0.460 e. The van der Waals surface area contributed by atoms with Crippen molar-refractivity contribution >= 4 is 22.6 Å². The van der Waals surface area contributed by atoms with E-state index >= 15 is 0 Å². The minimum absolute atomic E-state index is 0.258. The number of benzene rings is 1. The number of carbonyl (C=O) groups excluding carboxylic acids is 1. The molecule has 0 aliphatic carbocycles. The van der Waals surface area contributed by atoms with Crippen molar-refractivity contribution in [2.75, 3.05) is 44.7 Å². The number of carbonyl (C=O) groups is 1. The lowest BCUT2D eigenvalue weighted by atomic mass is 10.2. The summed E-state index contributed by atoms with van der Waals surface area (Å²) in [6.07, 6.45) is 0. The van der Waals surface area contributed by atoms with E-state index in [2.05, 4.69) is 21.4 Å². The third kappa shape index (κ3) is 2.93. The summed E-state index contributed by atoms with van der Waals surface area (Å²) in [5, 5.41) is 3.13. The van der Waals surface area contributed by atoms with Crippen molar-refractivity contribution in [1.29, 1.82) is 0 Å². The highest BCUT2D eigenvalue weighted by molar-refractivity contribution is 5.93. The summed E-state index contributed by atoms with van der Waals surface area (Å²) in [5.74, 6) is -0.156. The summed E-state index contributed by atoms with van der Waals surface area (Å²) in [4.78, 5) is 14.1. The smallest absolute Gasteiger partial charge is 0.374 e. The van der Waals surface area contributed by atoms with Gasteiger partial charge in [-0.15, -0.1) is 0 Å². The maximum absolute atomic E-state index is 11.7. The van der Waals surface area contributed by atoms with Crippen molar-refractivity contribution in [3.8, 4) is 0 Å². The molecule has 22 heavy (non-hydrogen) atoms. The van der Waals surface area contributed by atoms with Crippen LogP contribution in [0.5, 0.6) is 0 Å². The quantitative estimate of drug-likeness (QED) is 0.870. The lowest BCUT2D eigenvalue weighted by Crippen LogP contribution is -2.50. The highest BCUT2D eigenvalue weighted by atomic mass is 16.5. The molecule has 1 saturated heterocycles. The van der Waals surface area contributed by atoms with Crippen LogP contribution in [0, 0.1) is 0 Å². The van der Waals surface area contributed by atoms with Crippen molar-refractivity contribution < 1.29 is 13.9 Å². The molecule has 3 rings (SSSR count). The van der Waals surface area contributed by atoms with Crippen LogP contribution < -0.4 is 10.3 Å². The molecule has 6 nitrogen and oxygen atoms in total. The molecule has 118 valence electrons. The zero-order chi connectivity index (χ0) is 15.5. The first-order valence-corrected chi connectivity index (χ1v) is 7.59. The first-order valence-electron chi connectivity index (χ1n) is 7.59. The molecule has 1 aromatic carbocycles. The van der Waals surface area contributed by atoms with Gasteiger partial charge in [0.2, 0.25) is 5.76 Å². The Labute approximate surface area is 129 Å². The van der Waals surface area contributed by atoms with Crippen molar-refractivity contribution in [1.82, 2.24) is 10.4 Å². The van der Waals surface area contributed by atoms with Crippen LogP contribution in [0.1, 0.15) is 17.5 Å². The first kappa shape index (κ1) is 14.9. The van der Waals surface area contributed by atoms with Gasteiger partial charge in [0.1, 0.15) is 5.58 Å². The molecule has 1 fully saturated rings. The third-order valence-electron chi connectivity index (χ3n) is 3.94. The van der Waals surface area contributed by atoms with Crippen LogP contribution in [0.15, 0.2) is 28.7 Å². The van der Waals surface area contributed by atoms with Crippen molar-refractivity contribution in [3.05, 3.63) is 30.0 Å². The second-order valence-corrected chi connectivity index (χ2v) is 5.25. The van der Waals surface area contributed by atoms with Crippen molar-refractivity contribution in [3.63, 3.8) is 0 Å². The Balaban J connectivity index is 1.79. The molecule has 1 aliphatic rings. The van der Waals surface area contributed by atoms with Gasteiger partial charge in [-0.1, -0.05) is 0 Å². The van der Waals surface area contributed by atoms with E-state index in [9.17, 15) is 4.79 Å². The fourth-order valence-electron chi connectivity index (χ4n) is 2.72. The number of anilines is 1. The second-order valence-electron chi connectivity index (χ2n) is 5.25. The van der Waals surface area contributed by atoms with Crippen LogP contribution in [-0.4, -0.2) is 50.8 Å². The number of ether oxygens (including phenoxy) is 1. The van der Waals surface area contributed by atoms with E-state index in [4.69, 9.17) is 9.15 Å². The topological polar surface area (TPSA) is 58.0 Å². The number of hydrazine groups is 1. The van der Waals surface area contributed by atoms with E-state index in [-0.39, 0.29) is 5.76 Å². The molecule has 2 aromatic rings. The molecule has 0 unspecified atom stereocenters. The lowest BCUT2D eigenvalue weighted by molar-refractivity contribution is 0.0492. The molecule has 1 N–H and O–H groups in total. The maximum atomic E-state index is 11.7. The SMILES string of the molecule is CCOC(=O)c1cc2cc(N3CCN(NC)CC3)ccc2o1. The number of furan rings is 1. The van der Waals surface area contributed by atoms with Crippen LogP contribution in [-0.2, 0) is 4.74 Å². The molecule has 0 spiro atoms. The molecule has 1 aliphatic heterocycles. The number of hydrogen-bond acceptors (Lipinski definition) is 6. The standard InChI is InChI=1S/C16H21N3O3/c1-3-21-16(20)15-11-12-10-13(4-5-14(12)22-15)18-6-8-19(17-2)9-7-18/h4-5,10-11,17H,3,6-9H2,1-2H3. The van der Waals surface area contributed by atoms with Crippen LogP contribution in [0.2, 0.25) is 0 Å². The minimum Gasteiger partial charge on any atom is -0.460 e. The van der Waals surface area contributed by atoms with Gasteiger partial charge in [0.25, 0.3) is 0 Å². The molecule has 0 bridgehead atoms. The number of piperazine rings is 1. The summed E-state index contributed by atoms with van der Waals surface area (Å²) in [7, 11) is 1.95. The highest BCUT2D eigenvalue weighted by Gasteiger charge is 2.18. The van der Waals surface area contributed by atoms with Gasteiger partial charge >= 0.3 is 5.97 Å². The molecular formula is C16H21N3O3. The Morgan fingerprint density at radius 1 is 1.27 bits per heavy atom. The fraction of sp³-hybridized carbons (Fsp3) is 0.438. The number of esters is 1. The van der Waals surface area contributed by atoms with E-state index in [1.165, 1.54) is 0 Å². The predicted molar refractivity (Wildman–Crippen MR) is 85.0 cm³/mol. The Bertz CT molecular complexity index is 660. The Morgan fingerprint density at radius 3 is 2.73 bits per heavy atom. The molecule has 6 heteroatoms. The van der Waals surface area contributed by atoms with E-state index in [1.54, 1.807) is 13.0 Å². The van der Waals surface area contributed by atoms with Crippen LogP contribution in [0.25, 0.3) is 11.0 Å². The number of nitrogens with zero attached hydrogens (tertiary/aromatic N) is 2. The Hall–Kier alpha value is -2.05. The Kier molecular flexibility index (Phi) is 4.31. The number of nitrogens with one attached hydrogen (secondary N) is 1. The van der Waals surface area contributed by atoms with Gasteiger partial charge in [-0.2, -0.15) is 0 Å². The summed E-state index contributed by atoms with van der Waals surface area (Å²) < 4.78 is 10.5. The fourth-order valence-corrected chi connectivity index (χ4v) is 2.72. The van der Waals surface area contributed by atoms with E-state index < -0.39 is 5.97 Å². The summed E-state index contributed by atoms with van der Waals surface area (Å²) >= 11 is 0. The first-order chi connectivity index (χ1) is 10.7. The summed E-state index contributed by atoms with van der Waals surface area (Å²) in [6, 6.07) is 7.77. The Morgan fingerprint density at radius 2 is 2.05 bits per heavy atom. The van der Waals surface area contributed by atoms with Crippen LogP contribution in [0.4, 0.5) is 5.69 Å². The van der Waals surface area contributed by atoms with Gasteiger partial charge in [0.15, 0.2) is 0 Å². The molecule has 0 saturated carbocycles. The van der Waals surface area contributed by atoms with Gasteiger partial charge in [-0.3, -0.25) is 5.43 Å². The monoisotopic (exact) mass is 303 g/mol. The zero-order valence-electron chi connectivity index (χ0n) is 13.0. The molecular weight excluding hydrogens is 282 g/mol. The zero-order valence-corrected chi connectivity index (χ0v) is 13.0. The van der Waals surface area contributed by atoms with E-state index in [1.807, 2.05) is 19.2 Å². The molecule has 0 radical (unpaired) electrons. The van der Waals surface area contributed by atoms with Gasteiger partial charge in [-0.25, -0.2) is 9.80 Å². The van der Waals surface area contributed by atoms with Crippen LogP contribution >= 0.6 is 0 Å². The normalized spacial score (nSPS) is 16.2. The average molecular weight is 303 g/mol. The van der Waals surface area contributed by atoms with Crippen LogP contribution in [0.3, 0.4) is 0 Å². The predicted octanol–water partition coefficient (Wildman–Crippen LogP) is 1.87. The van der Waals surface area contributed by atoms with Gasteiger partial charge in [0, 0.05) is 37.3 Å². The molecule has 2 heterocycles. The highest BCUT2D eigenvalue weighted by Crippen LogP contribution is 2.26. The summed E-state index contributed by atoms with van der Waals surface area (Å²) in [5.41, 5.74) is 5.03. The minimum atomic E-state index is -0.414. The molecule has 0 amide bonds. The third-order valence-corrected chi connectivity index (χ3v) is 3.94. The number of fused-ring (bicyclic) bond motifs is 1.